The standard InChI is InChI=1S/C19H20N2O4/c1-2-20-19(23)14-4-3-5-15(11-14)21-18(22)9-7-13-6-8-16-17(10-13)25-12-24-16/h3-6,8,10-11H,2,7,9,12H2,1H3,(H,20,23)(H,21,22). The van der Waals surface area contributed by atoms with Gasteiger partial charge >= 0.3 is 0 Å². The highest BCUT2D eigenvalue weighted by Gasteiger charge is 2.14. The van der Waals surface area contributed by atoms with Crippen LogP contribution < -0.4 is 20.1 Å². The van der Waals surface area contributed by atoms with Crippen molar-refractivity contribution in [3.05, 3.63) is 53.6 Å². The van der Waals surface area contributed by atoms with Crippen molar-refractivity contribution in [2.45, 2.75) is 19.8 Å². The van der Waals surface area contributed by atoms with Crippen molar-refractivity contribution in [3.63, 3.8) is 0 Å². The minimum absolute atomic E-state index is 0.106. The van der Waals surface area contributed by atoms with E-state index in [4.69, 9.17) is 9.47 Å². The van der Waals surface area contributed by atoms with Gasteiger partial charge in [0.05, 0.1) is 0 Å². The van der Waals surface area contributed by atoms with E-state index in [0.717, 1.165) is 11.3 Å². The number of benzene rings is 2. The second-order valence-electron chi connectivity index (χ2n) is 5.68. The summed E-state index contributed by atoms with van der Waals surface area (Å²) in [6.07, 6.45) is 0.934. The monoisotopic (exact) mass is 340 g/mol. The van der Waals surface area contributed by atoms with Crippen molar-refractivity contribution < 1.29 is 19.1 Å². The lowest BCUT2D eigenvalue weighted by atomic mass is 10.1. The zero-order chi connectivity index (χ0) is 17.6. The number of fused-ring (bicyclic) bond motifs is 1. The van der Waals surface area contributed by atoms with E-state index in [9.17, 15) is 9.59 Å². The van der Waals surface area contributed by atoms with Crippen LogP contribution in [0.3, 0.4) is 0 Å². The highest BCUT2D eigenvalue weighted by molar-refractivity contribution is 5.97. The number of hydrogen-bond donors (Lipinski definition) is 2. The Bertz CT molecular complexity index is 789. The first-order valence-electron chi connectivity index (χ1n) is 8.22. The lowest BCUT2D eigenvalue weighted by Crippen LogP contribution is -2.22. The number of aryl methyl sites for hydroxylation is 1. The van der Waals surface area contributed by atoms with Crippen molar-refractivity contribution in [1.82, 2.24) is 5.32 Å². The SMILES string of the molecule is CCNC(=O)c1cccc(NC(=O)CCc2ccc3c(c2)OCO3)c1. The Balaban J connectivity index is 1.56. The molecule has 0 atom stereocenters. The lowest BCUT2D eigenvalue weighted by molar-refractivity contribution is -0.116. The van der Waals surface area contributed by atoms with Crippen LogP contribution in [0.2, 0.25) is 0 Å². The van der Waals surface area contributed by atoms with E-state index in [1.165, 1.54) is 0 Å². The summed E-state index contributed by atoms with van der Waals surface area (Å²) < 4.78 is 10.6. The van der Waals surface area contributed by atoms with Crippen molar-refractivity contribution in [1.29, 1.82) is 0 Å². The molecule has 0 aliphatic carbocycles. The van der Waals surface area contributed by atoms with E-state index < -0.39 is 0 Å². The molecule has 0 bridgehead atoms. The molecule has 0 radical (unpaired) electrons. The van der Waals surface area contributed by atoms with E-state index in [1.54, 1.807) is 24.3 Å². The fourth-order valence-corrected chi connectivity index (χ4v) is 2.58. The fourth-order valence-electron chi connectivity index (χ4n) is 2.58. The predicted octanol–water partition coefficient (Wildman–Crippen LogP) is 2.74. The van der Waals surface area contributed by atoms with Gasteiger partial charge < -0.3 is 20.1 Å². The molecule has 2 aromatic rings. The van der Waals surface area contributed by atoms with Gasteiger partial charge in [-0.3, -0.25) is 9.59 Å². The molecular weight excluding hydrogens is 320 g/mol. The van der Waals surface area contributed by atoms with E-state index in [1.807, 2.05) is 25.1 Å². The largest absolute Gasteiger partial charge is 0.454 e. The van der Waals surface area contributed by atoms with Crippen molar-refractivity contribution in [2.75, 3.05) is 18.7 Å². The maximum atomic E-state index is 12.2. The molecule has 6 heteroatoms. The number of ether oxygens (including phenoxy) is 2. The first-order valence-corrected chi connectivity index (χ1v) is 8.22. The molecular formula is C19H20N2O4. The number of amides is 2. The molecule has 1 heterocycles. The minimum Gasteiger partial charge on any atom is -0.454 e. The van der Waals surface area contributed by atoms with Gasteiger partial charge in [0.1, 0.15) is 0 Å². The number of rotatable bonds is 6. The molecule has 0 saturated carbocycles. The Hall–Kier alpha value is -3.02. The van der Waals surface area contributed by atoms with Crippen LogP contribution in [0.5, 0.6) is 11.5 Å². The topological polar surface area (TPSA) is 76.7 Å². The van der Waals surface area contributed by atoms with Gasteiger partial charge in [-0.05, 0) is 49.2 Å². The van der Waals surface area contributed by atoms with Gasteiger partial charge in [-0.25, -0.2) is 0 Å². The van der Waals surface area contributed by atoms with Gasteiger partial charge in [0.2, 0.25) is 12.7 Å². The van der Waals surface area contributed by atoms with Gasteiger partial charge in [0.15, 0.2) is 11.5 Å². The molecule has 2 amide bonds. The van der Waals surface area contributed by atoms with Crippen LogP contribution in [0, 0.1) is 0 Å². The average Bonchev–Trinajstić information content (AvgIpc) is 3.08. The summed E-state index contributed by atoms with van der Waals surface area (Å²) in [6, 6.07) is 12.6. The first kappa shape index (κ1) is 16.8. The van der Waals surface area contributed by atoms with Crippen LogP contribution >= 0.6 is 0 Å². The maximum Gasteiger partial charge on any atom is 0.251 e. The van der Waals surface area contributed by atoms with Crippen LogP contribution in [0.1, 0.15) is 29.3 Å². The Labute approximate surface area is 146 Å². The summed E-state index contributed by atoms with van der Waals surface area (Å²) >= 11 is 0. The van der Waals surface area contributed by atoms with Gasteiger partial charge in [-0.1, -0.05) is 12.1 Å². The number of carbonyl (C=O) groups excluding carboxylic acids is 2. The van der Waals surface area contributed by atoms with E-state index in [0.29, 0.717) is 36.4 Å². The van der Waals surface area contributed by atoms with Gasteiger partial charge in [0.25, 0.3) is 5.91 Å². The highest BCUT2D eigenvalue weighted by Crippen LogP contribution is 2.32. The van der Waals surface area contributed by atoms with Crippen LogP contribution in [0.25, 0.3) is 0 Å². The van der Waals surface area contributed by atoms with E-state index >= 15 is 0 Å². The molecule has 0 aromatic heterocycles. The van der Waals surface area contributed by atoms with E-state index in [-0.39, 0.29) is 18.6 Å². The third-order valence-corrected chi connectivity index (χ3v) is 3.82. The molecule has 0 saturated heterocycles. The Kier molecular flexibility index (Phi) is 5.18. The molecule has 2 N–H and O–H groups in total. The fraction of sp³-hybridized carbons (Fsp3) is 0.263. The predicted molar refractivity (Wildman–Crippen MR) is 94.0 cm³/mol. The Morgan fingerprint density at radius 2 is 1.92 bits per heavy atom. The van der Waals surface area contributed by atoms with E-state index in [2.05, 4.69) is 10.6 Å². The molecule has 130 valence electrons. The van der Waals surface area contributed by atoms with Crippen LogP contribution in [0.4, 0.5) is 5.69 Å². The zero-order valence-electron chi connectivity index (χ0n) is 14.0. The average molecular weight is 340 g/mol. The second kappa shape index (κ2) is 7.70. The molecule has 2 aromatic carbocycles. The first-order chi connectivity index (χ1) is 12.2. The van der Waals surface area contributed by atoms with Crippen molar-refractivity contribution in [2.24, 2.45) is 0 Å². The number of carbonyl (C=O) groups is 2. The van der Waals surface area contributed by atoms with Crippen molar-refractivity contribution >= 4 is 17.5 Å². The third kappa shape index (κ3) is 4.29. The molecule has 0 unspecified atom stereocenters. The molecule has 6 nitrogen and oxygen atoms in total. The van der Waals surface area contributed by atoms with Gasteiger partial charge in [-0.15, -0.1) is 0 Å². The lowest BCUT2D eigenvalue weighted by Gasteiger charge is -2.08. The molecule has 1 aliphatic heterocycles. The Morgan fingerprint density at radius 3 is 2.76 bits per heavy atom. The number of hydrogen-bond acceptors (Lipinski definition) is 4. The second-order valence-corrected chi connectivity index (χ2v) is 5.68. The third-order valence-electron chi connectivity index (χ3n) is 3.82. The van der Waals surface area contributed by atoms with Gasteiger partial charge in [-0.2, -0.15) is 0 Å². The summed E-state index contributed by atoms with van der Waals surface area (Å²) in [5.74, 6) is 1.19. The quantitative estimate of drug-likeness (QED) is 0.848. The van der Waals surface area contributed by atoms with Crippen LogP contribution in [-0.2, 0) is 11.2 Å². The highest BCUT2D eigenvalue weighted by atomic mass is 16.7. The van der Waals surface area contributed by atoms with Crippen LogP contribution in [0.15, 0.2) is 42.5 Å². The van der Waals surface area contributed by atoms with Crippen molar-refractivity contribution in [3.8, 4) is 11.5 Å². The number of nitrogens with one attached hydrogen (secondary N) is 2. The summed E-state index contributed by atoms with van der Waals surface area (Å²) in [5, 5.41) is 5.56. The summed E-state index contributed by atoms with van der Waals surface area (Å²) in [4.78, 5) is 24.0. The summed E-state index contributed by atoms with van der Waals surface area (Å²) in [7, 11) is 0. The molecule has 3 rings (SSSR count). The normalized spacial score (nSPS) is 11.9. The molecule has 25 heavy (non-hydrogen) atoms. The zero-order valence-corrected chi connectivity index (χ0v) is 14.0. The van der Waals surface area contributed by atoms with Gasteiger partial charge in [0, 0.05) is 24.2 Å². The molecule has 1 aliphatic rings. The number of anilines is 1. The summed E-state index contributed by atoms with van der Waals surface area (Å²) in [5.41, 5.74) is 2.14. The minimum atomic E-state index is -0.154. The Morgan fingerprint density at radius 1 is 1.08 bits per heavy atom. The molecule has 0 fully saturated rings. The maximum absolute atomic E-state index is 12.2. The molecule has 0 spiro atoms. The summed E-state index contributed by atoms with van der Waals surface area (Å²) in [6.45, 7) is 2.66. The van der Waals surface area contributed by atoms with Crippen LogP contribution in [-0.4, -0.2) is 25.2 Å². The smallest absolute Gasteiger partial charge is 0.251 e.